The van der Waals surface area contributed by atoms with E-state index in [1.807, 2.05) is 55.5 Å². The first-order valence-electron chi connectivity index (χ1n) is 9.31. The summed E-state index contributed by atoms with van der Waals surface area (Å²) in [5.74, 6) is 1.16. The molecule has 0 spiro atoms. The second-order valence-corrected chi connectivity index (χ2v) is 6.47. The topological polar surface area (TPSA) is 67.9 Å². The number of ether oxygens (including phenoxy) is 2. The lowest BCUT2D eigenvalue weighted by Gasteiger charge is -2.29. The highest BCUT2D eigenvalue weighted by Gasteiger charge is 2.26. The van der Waals surface area contributed by atoms with Crippen molar-refractivity contribution in [3.05, 3.63) is 59.7 Å². The molecular formula is C22H28N2O4. The molecule has 0 saturated carbocycles. The molecule has 2 rings (SSSR count). The molecule has 2 aromatic rings. The van der Waals surface area contributed by atoms with Crippen molar-refractivity contribution in [1.82, 2.24) is 10.2 Å². The van der Waals surface area contributed by atoms with Gasteiger partial charge < -0.3 is 19.7 Å². The Morgan fingerprint density at radius 3 is 2.29 bits per heavy atom. The van der Waals surface area contributed by atoms with Gasteiger partial charge in [0.1, 0.15) is 17.5 Å². The molecule has 0 unspecified atom stereocenters. The first-order chi connectivity index (χ1) is 13.5. The van der Waals surface area contributed by atoms with Crippen LogP contribution in [0.5, 0.6) is 11.5 Å². The number of rotatable bonds is 9. The quantitative estimate of drug-likeness (QED) is 0.722. The van der Waals surface area contributed by atoms with Gasteiger partial charge in [0.25, 0.3) is 0 Å². The zero-order valence-electron chi connectivity index (χ0n) is 16.9. The van der Waals surface area contributed by atoms with Gasteiger partial charge in [-0.1, -0.05) is 24.3 Å². The lowest BCUT2D eigenvalue weighted by molar-refractivity contribution is -0.140. The van der Waals surface area contributed by atoms with Crippen molar-refractivity contribution in [2.75, 3.05) is 20.8 Å². The fourth-order valence-corrected chi connectivity index (χ4v) is 2.89. The lowest BCUT2D eigenvalue weighted by Crippen LogP contribution is -2.48. The molecule has 0 bridgehead atoms. The Hall–Kier alpha value is -3.02. The number of benzene rings is 2. The van der Waals surface area contributed by atoms with Gasteiger partial charge >= 0.3 is 0 Å². The van der Waals surface area contributed by atoms with Crippen molar-refractivity contribution in [2.45, 2.75) is 32.9 Å². The normalized spacial score (nSPS) is 11.4. The van der Waals surface area contributed by atoms with Gasteiger partial charge in [-0.3, -0.25) is 9.59 Å². The van der Waals surface area contributed by atoms with Crippen LogP contribution in [0, 0.1) is 0 Å². The number of hydrogen-bond donors (Lipinski definition) is 1. The number of hydrogen-bond acceptors (Lipinski definition) is 4. The minimum atomic E-state index is -0.586. The van der Waals surface area contributed by atoms with E-state index in [2.05, 4.69) is 5.32 Å². The molecule has 150 valence electrons. The SMILES string of the molecule is CCNC(=O)[C@H](C)N(Cc1cccc(OC)c1)C(=O)Cc1ccc(OC)cc1. The molecule has 6 heteroatoms. The largest absolute Gasteiger partial charge is 0.497 e. The molecule has 2 amide bonds. The summed E-state index contributed by atoms with van der Waals surface area (Å²) < 4.78 is 10.4. The summed E-state index contributed by atoms with van der Waals surface area (Å²) >= 11 is 0. The van der Waals surface area contributed by atoms with Gasteiger partial charge in [-0.15, -0.1) is 0 Å². The number of methoxy groups -OCH3 is 2. The smallest absolute Gasteiger partial charge is 0.242 e. The predicted octanol–water partition coefficient (Wildman–Crippen LogP) is 2.80. The van der Waals surface area contributed by atoms with Gasteiger partial charge in [-0.25, -0.2) is 0 Å². The van der Waals surface area contributed by atoms with E-state index in [0.29, 0.717) is 18.8 Å². The van der Waals surface area contributed by atoms with Crippen molar-refractivity contribution in [2.24, 2.45) is 0 Å². The van der Waals surface area contributed by atoms with Crippen LogP contribution in [-0.4, -0.2) is 43.5 Å². The molecule has 28 heavy (non-hydrogen) atoms. The third-order valence-corrected chi connectivity index (χ3v) is 4.52. The second kappa shape index (κ2) is 10.3. The molecule has 0 fully saturated rings. The average Bonchev–Trinajstić information content (AvgIpc) is 2.72. The Balaban J connectivity index is 2.22. The van der Waals surface area contributed by atoms with Crippen molar-refractivity contribution in [3.63, 3.8) is 0 Å². The third-order valence-electron chi connectivity index (χ3n) is 4.52. The van der Waals surface area contributed by atoms with Gasteiger partial charge in [0, 0.05) is 13.1 Å². The Labute approximate surface area is 166 Å². The Morgan fingerprint density at radius 1 is 1.00 bits per heavy atom. The number of carbonyl (C=O) groups is 2. The van der Waals surface area contributed by atoms with Gasteiger partial charge in [0.15, 0.2) is 0 Å². The van der Waals surface area contributed by atoms with Crippen molar-refractivity contribution < 1.29 is 19.1 Å². The van der Waals surface area contributed by atoms with Gasteiger partial charge in [0.2, 0.25) is 11.8 Å². The Kier molecular flexibility index (Phi) is 7.87. The predicted molar refractivity (Wildman–Crippen MR) is 108 cm³/mol. The fraction of sp³-hybridized carbons (Fsp3) is 0.364. The molecular weight excluding hydrogens is 356 g/mol. The molecule has 0 aliphatic rings. The van der Waals surface area contributed by atoms with Crippen LogP contribution < -0.4 is 14.8 Å². The van der Waals surface area contributed by atoms with E-state index < -0.39 is 6.04 Å². The maximum atomic E-state index is 13.1. The fourth-order valence-electron chi connectivity index (χ4n) is 2.89. The molecule has 0 saturated heterocycles. The molecule has 1 N–H and O–H groups in total. The summed E-state index contributed by atoms with van der Waals surface area (Å²) in [6, 6.07) is 14.3. The average molecular weight is 384 g/mol. The van der Waals surface area contributed by atoms with Crippen LogP contribution in [0.3, 0.4) is 0 Å². The summed E-state index contributed by atoms with van der Waals surface area (Å²) in [7, 11) is 3.20. The molecule has 0 heterocycles. The highest BCUT2D eigenvalue weighted by molar-refractivity contribution is 5.88. The number of nitrogens with one attached hydrogen (secondary N) is 1. The molecule has 0 aromatic heterocycles. The number of nitrogens with zero attached hydrogens (tertiary/aromatic N) is 1. The van der Waals surface area contributed by atoms with Crippen LogP contribution in [0.1, 0.15) is 25.0 Å². The van der Waals surface area contributed by atoms with Gasteiger partial charge in [-0.05, 0) is 49.2 Å². The van der Waals surface area contributed by atoms with Crippen LogP contribution >= 0.6 is 0 Å². The summed E-state index contributed by atoms with van der Waals surface area (Å²) in [5, 5.41) is 2.79. The number of likely N-dealkylation sites (N-methyl/N-ethyl adjacent to an activating group) is 1. The first kappa shape index (κ1) is 21.3. The minimum absolute atomic E-state index is 0.119. The van der Waals surface area contributed by atoms with E-state index in [-0.39, 0.29) is 18.2 Å². The van der Waals surface area contributed by atoms with Crippen molar-refractivity contribution in [1.29, 1.82) is 0 Å². The monoisotopic (exact) mass is 384 g/mol. The van der Waals surface area contributed by atoms with E-state index in [1.165, 1.54) is 0 Å². The molecule has 1 atom stereocenters. The minimum Gasteiger partial charge on any atom is -0.497 e. The molecule has 6 nitrogen and oxygen atoms in total. The van der Waals surface area contributed by atoms with Gasteiger partial charge in [-0.2, -0.15) is 0 Å². The van der Waals surface area contributed by atoms with Crippen LogP contribution in [-0.2, 0) is 22.6 Å². The van der Waals surface area contributed by atoms with Gasteiger partial charge in [0.05, 0.1) is 20.6 Å². The van der Waals surface area contributed by atoms with Crippen LogP contribution in [0.15, 0.2) is 48.5 Å². The van der Waals surface area contributed by atoms with E-state index in [9.17, 15) is 9.59 Å². The van der Waals surface area contributed by atoms with E-state index in [4.69, 9.17) is 9.47 Å². The van der Waals surface area contributed by atoms with Crippen LogP contribution in [0.4, 0.5) is 0 Å². The van der Waals surface area contributed by atoms with E-state index in [0.717, 1.165) is 16.9 Å². The molecule has 0 aliphatic carbocycles. The molecule has 2 aromatic carbocycles. The van der Waals surface area contributed by atoms with E-state index >= 15 is 0 Å². The maximum Gasteiger partial charge on any atom is 0.242 e. The molecule has 0 radical (unpaired) electrons. The highest BCUT2D eigenvalue weighted by Crippen LogP contribution is 2.18. The standard InChI is InChI=1S/C22H28N2O4/c1-5-23-22(26)16(2)24(15-18-7-6-8-20(13-18)28-4)21(25)14-17-9-11-19(27-3)12-10-17/h6-13,16H,5,14-15H2,1-4H3,(H,23,26)/t16-/m0/s1. The number of carbonyl (C=O) groups excluding carboxylic acids is 2. The summed E-state index contributed by atoms with van der Waals surface area (Å²) in [4.78, 5) is 27.1. The number of amides is 2. The second-order valence-electron chi connectivity index (χ2n) is 6.47. The molecule has 0 aliphatic heterocycles. The third kappa shape index (κ3) is 5.74. The summed E-state index contributed by atoms with van der Waals surface area (Å²) in [5.41, 5.74) is 1.77. The van der Waals surface area contributed by atoms with Crippen molar-refractivity contribution >= 4 is 11.8 Å². The summed E-state index contributed by atoms with van der Waals surface area (Å²) in [6.45, 7) is 4.45. The highest BCUT2D eigenvalue weighted by atomic mass is 16.5. The van der Waals surface area contributed by atoms with Crippen LogP contribution in [0.25, 0.3) is 0 Å². The lowest BCUT2D eigenvalue weighted by atomic mass is 10.1. The maximum absolute atomic E-state index is 13.1. The van der Waals surface area contributed by atoms with E-state index in [1.54, 1.807) is 26.0 Å². The van der Waals surface area contributed by atoms with Crippen molar-refractivity contribution in [3.8, 4) is 11.5 Å². The zero-order valence-corrected chi connectivity index (χ0v) is 16.9. The zero-order chi connectivity index (χ0) is 20.5. The van der Waals surface area contributed by atoms with Crippen LogP contribution in [0.2, 0.25) is 0 Å². The Bertz CT molecular complexity index is 789. The summed E-state index contributed by atoms with van der Waals surface area (Å²) in [6.07, 6.45) is 0.206. The Morgan fingerprint density at radius 2 is 1.68 bits per heavy atom. The first-order valence-corrected chi connectivity index (χ1v) is 9.31.